The van der Waals surface area contributed by atoms with Crippen LogP contribution in [0.5, 0.6) is 11.5 Å². The van der Waals surface area contributed by atoms with Crippen LogP contribution in [0, 0.1) is 5.92 Å². The zero-order valence-corrected chi connectivity index (χ0v) is 22.7. The Balaban J connectivity index is 1.47. The van der Waals surface area contributed by atoms with Gasteiger partial charge < -0.3 is 24.3 Å². The number of piperidine rings is 1. The predicted octanol–water partition coefficient (Wildman–Crippen LogP) is 4.04. The summed E-state index contributed by atoms with van der Waals surface area (Å²) < 4.78 is 13.3. The van der Waals surface area contributed by atoms with E-state index in [0.29, 0.717) is 42.3 Å². The molecule has 1 saturated heterocycles. The second kappa shape index (κ2) is 10.9. The SMILES string of the molecule is COc1ccc(C=C(NC(=O)c2cccc(Br)c2)C(=O)N2CC3CC(C2)c2cccc(=O)n2C3)cc1OC. The summed E-state index contributed by atoms with van der Waals surface area (Å²) in [7, 11) is 3.10. The normalized spacial score (nSPS) is 18.4. The van der Waals surface area contributed by atoms with Gasteiger partial charge in [0, 0.05) is 47.3 Å². The molecular formula is C29H28BrN3O5. The smallest absolute Gasteiger partial charge is 0.270 e. The first-order chi connectivity index (χ1) is 18.4. The Kier molecular flexibility index (Phi) is 7.37. The molecule has 2 aliphatic rings. The molecule has 8 nitrogen and oxygen atoms in total. The number of hydrogen-bond acceptors (Lipinski definition) is 5. The number of carbonyl (C=O) groups excluding carboxylic acids is 2. The molecule has 0 saturated carbocycles. The molecule has 1 N–H and O–H groups in total. The number of benzene rings is 2. The van der Waals surface area contributed by atoms with E-state index < -0.39 is 0 Å². The molecule has 5 rings (SSSR count). The van der Waals surface area contributed by atoms with E-state index in [-0.39, 0.29) is 34.9 Å². The van der Waals surface area contributed by atoms with E-state index in [2.05, 4.69) is 21.2 Å². The summed E-state index contributed by atoms with van der Waals surface area (Å²) >= 11 is 3.40. The number of amides is 2. The lowest BCUT2D eigenvalue weighted by atomic mass is 9.83. The number of carbonyl (C=O) groups is 2. The molecule has 2 bridgehead atoms. The van der Waals surface area contributed by atoms with Crippen molar-refractivity contribution in [1.82, 2.24) is 14.8 Å². The number of aromatic nitrogens is 1. The fourth-order valence-electron chi connectivity index (χ4n) is 5.32. The summed E-state index contributed by atoms with van der Waals surface area (Å²) in [6.45, 7) is 1.55. The molecule has 38 heavy (non-hydrogen) atoms. The summed E-state index contributed by atoms with van der Waals surface area (Å²) in [5, 5.41) is 2.85. The van der Waals surface area contributed by atoms with Gasteiger partial charge in [0.1, 0.15) is 5.70 Å². The standard InChI is InChI=1S/C29H28BrN3O5/c1-37-25-10-9-18(13-26(25)38-2)12-23(31-28(35)20-5-3-6-22(30)14-20)29(36)32-15-19-11-21(17-32)24-7-4-8-27(34)33(24)16-19/h3-10,12-14,19,21H,11,15-17H2,1-2H3,(H,31,35). The Labute approximate surface area is 229 Å². The number of ether oxygens (including phenoxy) is 2. The highest BCUT2D eigenvalue weighted by Crippen LogP contribution is 2.35. The summed E-state index contributed by atoms with van der Waals surface area (Å²) in [5.74, 6) is 0.635. The van der Waals surface area contributed by atoms with Crippen LogP contribution < -0.4 is 20.3 Å². The molecule has 2 unspecified atom stereocenters. The lowest BCUT2D eigenvalue weighted by Crippen LogP contribution is -2.50. The number of pyridine rings is 1. The van der Waals surface area contributed by atoms with Crippen LogP contribution in [0.3, 0.4) is 0 Å². The minimum absolute atomic E-state index is 0.00713. The largest absolute Gasteiger partial charge is 0.493 e. The molecule has 2 aliphatic heterocycles. The molecule has 196 valence electrons. The van der Waals surface area contributed by atoms with E-state index >= 15 is 0 Å². The minimum atomic E-state index is -0.388. The van der Waals surface area contributed by atoms with Crippen molar-refractivity contribution < 1.29 is 19.1 Å². The van der Waals surface area contributed by atoms with Gasteiger partial charge in [-0.25, -0.2) is 0 Å². The van der Waals surface area contributed by atoms with Crippen LogP contribution in [-0.2, 0) is 11.3 Å². The minimum Gasteiger partial charge on any atom is -0.493 e. The van der Waals surface area contributed by atoms with Crippen molar-refractivity contribution in [1.29, 1.82) is 0 Å². The topological polar surface area (TPSA) is 89.9 Å². The van der Waals surface area contributed by atoms with Gasteiger partial charge >= 0.3 is 0 Å². The van der Waals surface area contributed by atoms with Crippen LogP contribution in [-0.4, -0.2) is 48.6 Å². The first-order valence-electron chi connectivity index (χ1n) is 12.4. The Bertz CT molecular complexity index is 1480. The van der Waals surface area contributed by atoms with Crippen molar-refractivity contribution in [3.8, 4) is 11.5 Å². The molecular weight excluding hydrogens is 550 g/mol. The zero-order valence-electron chi connectivity index (χ0n) is 21.1. The lowest BCUT2D eigenvalue weighted by molar-refractivity contribution is -0.130. The molecule has 1 fully saturated rings. The first-order valence-corrected chi connectivity index (χ1v) is 13.1. The van der Waals surface area contributed by atoms with E-state index in [1.165, 1.54) is 0 Å². The van der Waals surface area contributed by atoms with Crippen molar-refractivity contribution in [3.05, 3.63) is 98.0 Å². The fraction of sp³-hybridized carbons (Fsp3) is 0.276. The molecule has 2 aromatic carbocycles. The molecule has 0 spiro atoms. The Morgan fingerprint density at radius 1 is 0.974 bits per heavy atom. The van der Waals surface area contributed by atoms with Crippen LogP contribution in [0.4, 0.5) is 0 Å². The number of halogens is 1. The van der Waals surface area contributed by atoms with Crippen molar-refractivity contribution in [2.75, 3.05) is 27.3 Å². The van der Waals surface area contributed by atoms with Gasteiger partial charge in [0.25, 0.3) is 17.4 Å². The second-order valence-corrected chi connectivity index (χ2v) is 10.5. The van der Waals surface area contributed by atoms with Gasteiger partial charge in [-0.15, -0.1) is 0 Å². The fourth-order valence-corrected chi connectivity index (χ4v) is 5.72. The maximum absolute atomic E-state index is 13.9. The monoisotopic (exact) mass is 577 g/mol. The summed E-state index contributed by atoms with van der Waals surface area (Å²) in [4.78, 5) is 41.3. The van der Waals surface area contributed by atoms with E-state index in [9.17, 15) is 14.4 Å². The second-order valence-electron chi connectivity index (χ2n) is 9.55. The van der Waals surface area contributed by atoms with Crippen molar-refractivity contribution in [2.45, 2.75) is 18.9 Å². The average Bonchev–Trinajstić information content (AvgIpc) is 2.92. The number of hydrogen-bond donors (Lipinski definition) is 1. The van der Waals surface area contributed by atoms with Gasteiger partial charge in [-0.2, -0.15) is 0 Å². The molecule has 3 aromatic rings. The summed E-state index contributed by atoms with van der Waals surface area (Å²) in [6, 6.07) is 17.6. The van der Waals surface area contributed by atoms with Crippen LogP contribution >= 0.6 is 15.9 Å². The molecule has 3 heterocycles. The van der Waals surface area contributed by atoms with Gasteiger partial charge in [-0.05, 0) is 60.4 Å². The van der Waals surface area contributed by atoms with Crippen LogP contribution in [0.15, 0.2) is 75.6 Å². The van der Waals surface area contributed by atoms with Crippen molar-refractivity contribution in [2.24, 2.45) is 5.92 Å². The van der Waals surface area contributed by atoms with Gasteiger partial charge in [0.2, 0.25) is 0 Å². The van der Waals surface area contributed by atoms with Gasteiger partial charge in [0.15, 0.2) is 11.5 Å². The maximum Gasteiger partial charge on any atom is 0.270 e. The average molecular weight is 578 g/mol. The van der Waals surface area contributed by atoms with Crippen LogP contribution in [0.2, 0.25) is 0 Å². The first kappa shape index (κ1) is 25.8. The van der Waals surface area contributed by atoms with E-state index in [1.54, 1.807) is 73.7 Å². The molecule has 2 atom stereocenters. The third-order valence-corrected chi connectivity index (χ3v) is 7.54. The number of methoxy groups -OCH3 is 2. The van der Waals surface area contributed by atoms with Crippen molar-refractivity contribution in [3.63, 3.8) is 0 Å². The Hall–Kier alpha value is -3.85. The molecule has 0 aliphatic carbocycles. The lowest BCUT2D eigenvalue weighted by Gasteiger charge is -2.43. The van der Waals surface area contributed by atoms with E-state index in [0.717, 1.165) is 16.6 Å². The maximum atomic E-state index is 13.9. The third kappa shape index (κ3) is 5.24. The zero-order chi connectivity index (χ0) is 26.8. The van der Waals surface area contributed by atoms with Crippen LogP contribution in [0.25, 0.3) is 6.08 Å². The molecule has 1 aromatic heterocycles. The molecule has 2 amide bonds. The quantitative estimate of drug-likeness (QED) is 0.446. The number of fused-ring (bicyclic) bond motifs is 4. The van der Waals surface area contributed by atoms with Gasteiger partial charge in [-0.1, -0.05) is 34.1 Å². The predicted molar refractivity (Wildman–Crippen MR) is 147 cm³/mol. The van der Waals surface area contributed by atoms with E-state index in [4.69, 9.17) is 9.47 Å². The number of likely N-dealkylation sites (tertiary alicyclic amines) is 1. The molecule has 9 heteroatoms. The highest BCUT2D eigenvalue weighted by atomic mass is 79.9. The molecule has 0 radical (unpaired) electrons. The van der Waals surface area contributed by atoms with E-state index in [1.807, 2.05) is 16.7 Å². The summed E-state index contributed by atoms with van der Waals surface area (Å²) in [5.41, 5.74) is 2.21. The number of nitrogens with zero attached hydrogens (tertiary/aromatic N) is 2. The highest BCUT2D eigenvalue weighted by Gasteiger charge is 2.37. The third-order valence-electron chi connectivity index (χ3n) is 7.05. The Morgan fingerprint density at radius 2 is 1.76 bits per heavy atom. The highest BCUT2D eigenvalue weighted by molar-refractivity contribution is 9.10. The summed E-state index contributed by atoms with van der Waals surface area (Å²) in [6.07, 6.45) is 2.58. The van der Waals surface area contributed by atoms with Crippen LogP contribution in [0.1, 0.15) is 34.0 Å². The van der Waals surface area contributed by atoms with Gasteiger partial charge in [0.05, 0.1) is 14.2 Å². The Morgan fingerprint density at radius 3 is 2.53 bits per heavy atom. The van der Waals surface area contributed by atoms with Crippen molar-refractivity contribution >= 4 is 33.8 Å². The number of rotatable bonds is 6. The number of nitrogens with one attached hydrogen (secondary N) is 1. The van der Waals surface area contributed by atoms with Gasteiger partial charge in [-0.3, -0.25) is 14.4 Å².